The van der Waals surface area contributed by atoms with Gasteiger partial charge in [0.1, 0.15) is 5.75 Å². The highest BCUT2D eigenvalue weighted by Crippen LogP contribution is 2.38. The first-order valence-electron chi connectivity index (χ1n) is 6.99. The van der Waals surface area contributed by atoms with E-state index in [0.29, 0.717) is 12.0 Å². The Morgan fingerprint density at radius 1 is 1.05 bits per heavy atom. The van der Waals surface area contributed by atoms with Gasteiger partial charge in [-0.05, 0) is 24.6 Å². The summed E-state index contributed by atoms with van der Waals surface area (Å²) in [6.45, 7) is 1.82. The molecule has 1 heterocycles. The molecule has 1 N–H and O–H groups in total. The van der Waals surface area contributed by atoms with Gasteiger partial charge in [-0.3, -0.25) is 4.79 Å². The Bertz CT molecular complexity index is 691. The van der Waals surface area contributed by atoms with E-state index in [4.69, 9.17) is 0 Å². The third-order valence-electron chi connectivity index (χ3n) is 3.83. The van der Waals surface area contributed by atoms with E-state index >= 15 is 0 Å². The number of hydrogen-bond acceptors (Lipinski definition) is 3. The summed E-state index contributed by atoms with van der Waals surface area (Å²) in [5, 5.41) is 10.1. The summed E-state index contributed by atoms with van der Waals surface area (Å²) >= 11 is 0. The van der Waals surface area contributed by atoms with Crippen LogP contribution in [-0.4, -0.2) is 10.9 Å². The Morgan fingerprint density at radius 3 is 2.43 bits per heavy atom. The van der Waals surface area contributed by atoms with Crippen LogP contribution in [-0.2, 0) is 4.79 Å². The number of carbonyl (C=O) groups is 1. The first kappa shape index (κ1) is 13.4. The molecule has 0 radical (unpaired) electrons. The Balaban J connectivity index is 2.09. The van der Waals surface area contributed by atoms with Crippen molar-refractivity contribution in [1.29, 1.82) is 0 Å². The number of allylic oxidation sites excluding steroid dienone is 1. The SMILES string of the molecule is CC1=CN(c2ccccc2O)[C@H](c2ccccc2)CC1=O. The lowest BCUT2D eigenvalue weighted by Crippen LogP contribution is -2.31. The molecule has 3 heteroatoms. The van der Waals surface area contributed by atoms with Crippen molar-refractivity contribution in [3.8, 4) is 5.75 Å². The van der Waals surface area contributed by atoms with Gasteiger partial charge in [0.05, 0.1) is 11.7 Å². The van der Waals surface area contributed by atoms with Crippen LogP contribution in [0, 0.1) is 0 Å². The van der Waals surface area contributed by atoms with Crippen molar-refractivity contribution in [2.24, 2.45) is 0 Å². The van der Waals surface area contributed by atoms with Crippen LogP contribution in [0.5, 0.6) is 5.75 Å². The number of carbonyl (C=O) groups excluding carboxylic acids is 1. The first-order chi connectivity index (χ1) is 10.2. The molecule has 106 valence electrons. The first-order valence-corrected chi connectivity index (χ1v) is 6.99. The van der Waals surface area contributed by atoms with Crippen LogP contribution in [0.1, 0.15) is 24.9 Å². The molecule has 0 aliphatic carbocycles. The minimum absolute atomic E-state index is 0.0873. The number of ketones is 1. The Kier molecular flexibility index (Phi) is 3.48. The lowest BCUT2D eigenvalue weighted by Gasteiger charge is -2.35. The van der Waals surface area contributed by atoms with Crippen molar-refractivity contribution in [2.75, 3.05) is 4.90 Å². The fraction of sp³-hybridized carbons (Fsp3) is 0.167. The number of phenols is 1. The summed E-state index contributed by atoms with van der Waals surface area (Å²) in [6, 6.07) is 17.0. The van der Waals surface area contributed by atoms with Crippen LogP contribution in [0.15, 0.2) is 66.4 Å². The number of rotatable bonds is 2. The zero-order chi connectivity index (χ0) is 14.8. The summed E-state index contributed by atoms with van der Waals surface area (Å²) in [7, 11) is 0. The van der Waals surface area contributed by atoms with Crippen molar-refractivity contribution in [3.05, 3.63) is 71.9 Å². The smallest absolute Gasteiger partial charge is 0.162 e. The molecule has 0 bridgehead atoms. The largest absolute Gasteiger partial charge is 0.506 e. The molecule has 0 amide bonds. The van der Waals surface area contributed by atoms with Crippen molar-refractivity contribution in [3.63, 3.8) is 0 Å². The van der Waals surface area contributed by atoms with Gasteiger partial charge >= 0.3 is 0 Å². The van der Waals surface area contributed by atoms with Gasteiger partial charge in [-0.15, -0.1) is 0 Å². The van der Waals surface area contributed by atoms with Crippen molar-refractivity contribution < 1.29 is 9.90 Å². The number of benzene rings is 2. The molecule has 2 aromatic carbocycles. The van der Waals surface area contributed by atoms with Gasteiger partial charge < -0.3 is 10.0 Å². The topological polar surface area (TPSA) is 40.5 Å². The van der Waals surface area contributed by atoms with E-state index < -0.39 is 0 Å². The predicted molar refractivity (Wildman–Crippen MR) is 83.1 cm³/mol. The minimum atomic E-state index is -0.0873. The Morgan fingerprint density at radius 2 is 1.71 bits per heavy atom. The second kappa shape index (κ2) is 5.44. The van der Waals surface area contributed by atoms with Gasteiger partial charge in [-0.2, -0.15) is 0 Å². The number of aromatic hydroxyl groups is 1. The Labute approximate surface area is 124 Å². The van der Waals surface area contributed by atoms with Crippen LogP contribution in [0.3, 0.4) is 0 Å². The van der Waals surface area contributed by atoms with Crippen LogP contribution >= 0.6 is 0 Å². The second-order valence-electron chi connectivity index (χ2n) is 5.26. The summed E-state index contributed by atoms with van der Waals surface area (Å²) in [6.07, 6.45) is 2.25. The molecule has 1 aliphatic heterocycles. The monoisotopic (exact) mass is 279 g/mol. The quantitative estimate of drug-likeness (QED) is 0.908. The maximum Gasteiger partial charge on any atom is 0.162 e. The number of phenolic OH excluding ortho intramolecular Hbond substituents is 1. The van der Waals surface area contributed by atoms with Gasteiger partial charge in [0, 0.05) is 18.2 Å². The fourth-order valence-corrected chi connectivity index (χ4v) is 2.68. The van der Waals surface area contributed by atoms with Crippen LogP contribution in [0.25, 0.3) is 0 Å². The highest BCUT2D eigenvalue weighted by Gasteiger charge is 2.29. The molecule has 0 saturated heterocycles. The molecule has 1 atom stereocenters. The second-order valence-corrected chi connectivity index (χ2v) is 5.26. The fourth-order valence-electron chi connectivity index (χ4n) is 2.68. The molecule has 0 spiro atoms. The molecular formula is C18H17NO2. The number of nitrogens with zero attached hydrogens (tertiary/aromatic N) is 1. The molecule has 3 nitrogen and oxygen atoms in total. The summed E-state index contributed by atoms with van der Waals surface area (Å²) in [5.74, 6) is 0.368. The van der Waals surface area contributed by atoms with E-state index in [-0.39, 0.29) is 17.6 Å². The third-order valence-corrected chi connectivity index (χ3v) is 3.83. The van der Waals surface area contributed by atoms with E-state index in [1.807, 2.05) is 60.5 Å². The molecular weight excluding hydrogens is 262 g/mol. The maximum absolute atomic E-state index is 12.1. The van der Waals surface area contributed by atoms with Gasteiger partial charge in [0.2, 0.25) is 0 Å². The van der Waals surface area contributed by atoms with E-state index in [2.05, 4.69) is 0 Å². The molecule has 21 heavy (non-hydrogen) atoms. The van der Waals surface area contributed by atoms with E-state index in [9.17, 15) is 9.90 Å². The van der Waals surface area contributed by atoms with Crippen LogP contribution in [0.2, 0.25) is 0 Å². The van der Waals surface area contributed by atoms with E-state index in [0.717, 1.165) is 11.3 Å². The Hall–Kier alpha value is -2.55. The summed E-state index contributed by atoms with van der Waals surface area (Å²) in [4.78, 5) is 14.1. The van der Waals surface area contributed by atoms with E-state index in [1.165, 1.54) is 0 Å². The molecule has 0 fully saturated rings. The van der Waals surface area contributed by atoms with Crippen molar-refractivity contribution in [2.45, 2.75) is 19.4 Å². The predicted octanol–water partition coefficient (Wildman–Crippen LogP) is 3.82. The zero-order valence-corrected chi connectivity index (χ0v) is 11.9. The molecule has 0 unspecified atom stereocenters. The normalized spacial score (nSPS) is 18.5. The third kappa shape index (κ3) is 2.55. The average Bonchev–Trinajstić information content (AvgIpc) is 2.51. The lowest BCUT2D eigenvalue weighted by atomic mass is 9.93. The zero-order valence-electron chi connectivity index (χ0n) is 11.9. The van der Waals surface area contributed by atoms with Crippen LogP contribution < -0.4 is 4.90 Å². The van der Waals surface area contributed by atoms with Crippen molar-refractivity contribution >= 4 is 11.5 Å². The summed E-state index contributed by atoms with van der Waals surface area (Å²) < 4.78 is 0. The number of hydrogen-bond donors (Lipinski definition) is 1. The summed E-state index contributed by atoms with van der Waals surface area (Å²) in [5.41, 5.74) is 2.50. The van der Waals surface area contributed by atoms with Crippen molar-refractivity contribution in [1.82, 2.24) is 0 Å². The minimum Gasteiger partial charge on any atom is -0.506 e. The highest BCUT2D eigenvalue weighted by atomic mass is 16.3. The molecule has 0 aromatic heterocycles. The van der Waals surface area contributed by atoms with Gasteiger partial charge in [-0.1, -0.05) is 42.5 Å². The van der Waals surface area contributed by atoms with E-state index in [1.54, 1.807) is 12.1 Å². The van der Waals surface area contributed by atoms with Gasteiger partial charge in [0.25, 0.3) is 0 Å². The molecule has 3 rings (SSSR count). The van der Waals surface area contributed by atoms with Gasteiger partial charge in [0.15, 0.2) is 5.78 Å². The molecule has 2 aromatic rings. The molecule has 0 saturated carbocycles. The maximum atomic E-state index is 12.1. The average molecular weight is 279 g/mol. The number of anilines is 1. The standard InChI is InChI=1S/C18H17NO2/c1-13-12-19(15-9-5-6-10-17(15)20)16(11-18(13)21)14-7-3-2-4-8-14/h2-10,12,16,20H,11H2,1H3/t16-/m0/s1. The molecule has 1 aliphatic rings. The highest BCUT2D eigenvalue weighted by molar-refractivity contribution is 5.97. The number of para-hydroxylation sites is 2. The van der Waals surface area contributed by atoms with Gasteiger partial charge in [-0.25, -0.2) is 0 Å². The lowest BCUT2D eigenvalue weighted by molar-refractivity contribution is -0.116. The number of Topliss-reactive ketones (excluding diaryl/α,β-unsaturated/α-hetero) is 1. The van der Waals surface area contributed by atoms with Crippen LogP contribution in [0.4, 0.5) is 5.69 Å².